The molecule has 0 bridgehead atoms. The molecule has 0 atom stereocenters. The molecule has 0 radical (unpaired) electrons. The fourth-order valence-electron chi connectivity index (χ4n) is 2.32. The van der Waals surface area contributed by atoms with Gasteiger partial charge >= 0.3 is 0 Å². The van der Waals surface area contributed by atoms with E-state index in [9.17, 15) is 0 Å². The quantitative estimate of drug-likeness (QED) is 0.693. The fourth-order valence-corrected chi connectivity index (χ4v) is 3.10. The van der Waals surface area contributed by atoms with Crippen LogP contribution >= 0.6 is 11.3 Å². The molecule has 0 spiro atoms. The molecule has 2 aromatic carbocycles. The Morgan fingerprint density at radius 2 is 1.79 bits per heavy atom. The van der Waals surface area contributed by atoms with Crippen molar-refractivity contribution in [2.75, 3.05) is 14.2 Å². The van der Waals surface area contributed by atoms with Crippen LogP contribution in [0.3, 0.4) is 0 Å². The molecule has 3 aromatic rings. The standard InChI is InChI=1S/C16H14O2S/c1-17-13-10-11-6-3-4-7-12(11)15(16(13)18-2)14-8-5-9-19-14/h3-10H,1-2H3. The molecule has 0 aliphatic heterocycles. The number of hydrogen-bond acceptors (Lipinski definition) is 3. The van der Waals surface area contributed by atoms with Crippen molar-refractivity contribution in [1.82, 2.24) is 0 Å². The van der Waals surface area contributed by atoms with Gasteiger partial charge < -0.3 is 9.47 Å². The topological polar surface area (TPSA) is 18.5 Å². The van der Waals surface area contributed by atoms with E-state index in [0.29, 0.717) is 0 Å². The van der Waals surface area contributed by atoms with Gasteiger partial charge in [-0.2, -0.15) is 0 Å². The van der Waals surface area contributed by atoms with Crippen molar-refractivity contribution in [1.29, 1.82) is 0 Å². The molecule has 1 aromatic heterocycles. The molecule has 19 heavy (non-hydrogen) atoms. The molecule has 0 fully saturated rings. The van der Waals surface area contributed by atoms with Crippen LogP contribution in [0.4, 0.5) is 0 Å². The number of benzene rings is 2. The first kappa shape index (κ1) is 12.1. The van der Waals surface area contributed by atoms with Crippen molar-refractivity contribution >= 4 is 22.1 Å². The van der Waals surface area contributed by atoms with E-state index < -0.39 is 0 Å². The van der Waals surface area contributed by atoms with E-state index in [0.717, 1.165) is 22.4 Å². The van der Waals surface area contributed by atoms with Gasteiger partial charge in [0.1, 0.15) is 0 Å². The highest BCUT2D eigenvalue weighted by molar-refractivity contribution is 7.13. The summed E-state index contributed by atoms with van der Waals surface area (Å²) in [6.07, 6.45) is 0. The predicted molar refractivity (Wildman–Crippen MR) is 80.4 cm³/mol. The summed E-state index contributed by atoms with van der Waals surface area (Å²) in [5, 5.41) is 4.41. The minimum atomic E-state index is 0.768. The molecular weight excluding hydrogens is 256 g/mol. The average Bonchev–Trinajstić information content (AvgIpc) is 2.98. The van der Waals surface area contributed by atoms with Gasteiger partial charge in [-0.3, -0.25) is 0 Å². The molecule has 96 valence electrons. The number of fused-ring (bicyclic) bond motifs is 1. The van der Waals surface area contributed by atoms with Gasteiger partial charge in [0, 0.05) is 10.4 Å². The zero-order valence-corrected chi connectivity index (χ0v) is 11.7. The Kier molecular flexibility index (Phi) is 3.13. The second kappa shape index (κ2) is 4.94. The Bertz CT molecular complexity index is 702. The molecule has 0 amide bonds. The Hall–Kier alpha value is -2.00. The van der Waals surface area contributed by atoms with Crippen LogP contribution < -0.4 is 9.47 Å². The van der Waals surface area contributed by atoms with Gasteiger partial charge in [-0.15, -0.1) is 11.3 Å². The summed E-state index contributed by atoms with van der Waals surface area (Å²) in [5.74, 6) is 1.56. The number of hydrogen-bond donors (Lipinski definition) is 0. The number of rotatable bonds is 3. The molecule has 1 heterocycles. The Morgan fingerprint density at radius 3 is 2.47 bits per heavy atom. The summed E-state index contributed by atoms with van der Waals surface area (Å²) in [6, 6.07) is 14.5. The summed E-state index contributed by atoms with van der Waals surface area (Å²) in [6.45, 7) is 0. The molecular formula is C16H14O2S. The summed E-state index contributed by atoms with van der Waals surface area (Å²) in [5.41, 5.74) is 1.10. The minimum Gasteiger partial charge on any atom is -0.493 e. The first-order valence-electron chi connectivity index (χ1n) is 6.02. The largest absolute Gasteiger partial charge is 0.493 e. The summed E-state index contributed by atoms with van der Waals surface area (Å²) < 4.78 is 11.0. The van der Waals surface area contributed by atoms with E-state index in [4.69, 9.17) is 9.47 Å². The Balaban J connectivity index is 2.43. The summed E-state index contributed by atoms with van der Waals surface area (Å²) in [4.78, 5) is 1.19. The van der Waals surface area contributed by atoms with Crippen LogP contribution in [0.1, 0.15) is 0 Å². The maximum atomic E-state index is 5.58. The molecule has 3 heteroatoms. The number of methoxy groups -OCH3 is 2. The third-order valence-electron chi connectivity index (χ3n) is 3.16. The molecule has 0 aliphatic rings. The SMILES string of the molecule is COc1cc2ccccc2c(-c2cccs2)c1OC. The van der Waals surface area contributed by atoms with Gasteiger partial charge in [0.05, 0.1) is 14.2 Å². The Labute approximate surface area is 116 Å². The number of ether oxygens (including phenoxy) is 2. The zero-order chi connectivity index (χ0) is 13.2. The zero-order valence-electron chi connectivity index (χ0n) is 10.8. The molecule has 2 nitrogen and oxygen atoms in total. The lowest BCUT2D eigenvalue weighted by Crippen LogP contribution is -1.94. The van der Waals surface area contributed by atoms with E-state index in [2.05, 4.69) is 23.6 Å². The molecule has 3 rings (SSSR count). The molecule has 0 saturated carbocycles. The highest BCUT2D eigenvalue weighted by atomic mass is 32.1. The lowest BCUT2D eigenvalue weighted by Gasteiger charge is -2.15. The van der Waals surface area contributed by atoms with E-state index in [1.54, 1.807) is 25.6 Å². The first-order valence-corrected chi connectivity index (χ1v) is 6.90. The van der Waals surface area contributed by atoms with Gasteiger partial charge in [0.25, 0.3) is 0 Å². The van der Waals surface area contributed by atoms with Crippen LogP contribution in [0.15, 0.2) is 47.8 Å². The van der Waals surface area contributed by atoms with Gasteiger partial charge in [-0.05, 0) is 28.3 Å². The van der Waals surface area contributed by atoms with E-state index in [1.807, 2.05) is 24.3 Å². The van der Waals surface area contributed by atoms with Crippen molar-refractivity contribution in [2.24, 2.45) is 0 Å². The maximum absolute atomic E-state index is 5.58. The molecule has 0 saturated heterocycles. The van der Waals surface area contributed by atoms with Crippen molar-refractivity contribution in [3.05, 3.63) is 47.8 Å². The highest BCUT2D eigenvalue weighted by Gasteiger charge is 2.16. The first-order chi connectivity index (χ1) is 9.35. The molecule has 0 unspecified atom stereocenters. The maximum Gasteiger partial charge on any atom is 0.169 e. The van der Waals surface area contributed by atoms with Crippen LogP contribution in [-0.4, -0.2) is 14.2 Å². The lowest BCUT2D eigenvalue weighted by molar-refractivity contribution is 0.357. The summed E-state index contributed by atoms with van der Waals surface area (Å²) in [7, 11) is 3.36. The normalized spacial score (nSPS) is 10.6. The van der Waals surface area contributed by atoms with Crippen molar-refractivity contribution in [2.45, 2.75) is 0 Å². The lowest BCUT2D eigenvalue weighted by atomic mass is 10.0. The van der Waals surface area contributed by atoms with Crippen molar-refractivity contribution in [3.8, 4) is 21.9 Å². The van der Waals surface area contributed by atoms with Gasteiger partial charge in [-0.25, -0.2) is 0 Å². The van der Waals surface area contributed by atoms with E-state index in [-0.39, 0.29) is 0 Å². The monoisotopic (exact) mass is 270 g/mol. The van der Waals surface area contributed by atoms with Crippen LogP contribution in [0.5, 0.6) is 11.5 Å². The second-order valence-electron chi connectivity index (χ2n) is 4.19. The Morgan fingerprint density at radius 1 is 0.947 bits per heavy atom. The third kappa shape index (κ3) is 1.96. The van der Waals surface area contributed by atoms with Crippen LogP contribution in [0.2, 0.25) is 0 Å². The smallest absolute Gasteiger partial charge is 0.169 e. The van der Waals surface area contributed by atoms with E-state index in [1.165, 1.54) is 10.3 Å². The second-order valence-corrected chi connectivity index (χ2v) is 5.13. The molecule has 0 aliphatic carbocycles. The summed E-state index contributed by atoms with van der Waals surface area (Å²) >= 11 is 1.70. The van der Waals surface area contributed by atoms with Crippen LogP contribution in [-0.2, 0) is 0 Å². The molecule has 0 N–H and O–H groups in total. The van der Waals surface area contributed by atoms with Gasteiger partial charge in [-0.1, -0.05) is 30.3 Å². The van der Waals surface area contributed by atoms with Gasteiger partial charge in [0.15, 0.2) is 11.5 Å². The fraction of sp³-hybridized carbons (Fsp3) is 0.125. The van der Waals surface area contributed by atoms with Crippen molar-refractivity contribution < 1.29 is 9.47 Å². The van der Waals surface area contributed by atoms with Crippen LogP contribution in [0, 0.1) is 0 Å². The van der Waals surface area contributed by atoms with Crippen molar-refractivity contribution in [3.63, 3.8) is 0 Å². The third-order valence-corrected chi connectivity index (χ3v) is 4.05. The average molecular weight is 270 g/mol. The number of thiophene rings is 1. The minimum absolute atomic E-state index is 0.768. The van der Waals surface area contributed by atoms with Crippen LogP contribution in [0.25, 0.3) is 21.2 Å². The van der Waals surface area contributed by atoms with Gasteiger partial charge in [0.2, 0.25) is 0 Å². The predicted octanol–water partition coefficient (Wildman–Crippen LogP) is 4.59. The highest BCUT2D eigenvalue weighted by Crippen LogP contribution is 2.45. The van der Waals surface area contributed by atoms with E-state index >= 15 is 0 Å².